The molecule has 0 bridgehead atoms. The SMILES string of the molecule is Nc1c(NCc2ccccc2)ncnc1Nc1ccc(Br)cc1F. The molecule has 2 aromatic carbocycles. The molecule has 1 aromatic heterocycles. The number of nitrogens with two attached hydrogens (primary N) is 1. The largest absolute Gasteiger partial charge is 0.393 e. The molecule has 0 saturated heterocycles. The highest BCUT2D eigenvalue weighted by Gasteiger charge is 2.10. The van der Waals surface area contributed by atoms with E-state index in [-0.39, 0.29) is 5.69 Å². The summed E-state index contributed by atoms with van der Waals surface area (Å²) in [4.78, 5) is 8.23. The third kappa shape index (κ3) is 3.80. The molecule has 0 atom stereocenters. The Hall–Kier alpha value is -2.67. The maximum absolute atomic E-state index is 13.9. The molecule has 3 aromatic rings. The molecule has 0 fully saturated rings. The van der Waals surface area contributed by atoms with Crippen molar-refractivity contribution in [2.75, 3.05) is 16.4 Å². The van der Waals surface area contributed by atoms with Crippen molar-refractivity contribution in [3.63, 3.8) is 0 Å². The highest BCUT2D eigenvalue weighted by Crippen LogP contribution is 2.28. The van der Waals surface area contributed by atoms with Gasteiger partial charge in [-0.1, -0.05) is 46.3 Å². The van der Waals surface area contributed by atoms with Crippen LogP contribution in [0.3, 0.4) is 0 Å². The van der Waals surface area contributed by atoms with Crippen molar-refractivity contribution in [3.05, 3.63) is 70.7 Å². The van der Waals surface area contributed by atoms with Crippen LogP contribution in [-0.4, -0.2) is 9.97 Å². The smallest absolute Gasteiger partial charge is 0.159 e. The van der Waals surface area contributed by atoms with Crippen molar-refractivity contribution >= 4 is 38.9 Å². The third-order valence-electron chi connectivity index (χ3n) is 3.37. The van der Waals surface area contributed by atoms with E-state index in [9.17, 15) is 4.39 Å². The lowest BCUT2D eigenvalue weighted by Crippen LogP contribution is -2.08. The van der Waals surface area contributed by atoms with E-state index < -0.39 is 5.82 Å². The molecular weight excluding hydrogens is 373 g/mol. The second kappa shape index (κ2) is 7.27. The van der Waals surface area contributed by atoms with Crippen LogP contribution in [0.5, 0.6) is 0 Å². The summed E-state index contributed by atoms with van der Waals surface area (Å²) in [5.74, 6) is 0.442. The van der Waals surface area contributed by atoms with Gasteiger partial charge in [-0.05, 0) is 23.8 Å². The third-order valence-corrected chi connectivity index (χ3v) is 3.86. The van der Waals surface area contributed by atoms with Crippen LogP contribution < -0.4 is 16.4 Å². The van der Waals surface area contributed by atoms with E-state index in [4.69, 9.17) is 5.73 Å². The lowest BCUT2D eigenvalue weighted by Gasteiger charge is -2.13. The van der Waals surface area contributed by atoms with Crippen LogP contribution in [0.2, 0.25) is 0 Å². The predicted molar refractivity (Wildman–Crippen MR) is 97.6 cm³/mol. The zero-order valence-corrected chi connectivity index (χ0v) is 14.2. The highest BCUT2D eigenvalue weighted by molar-refractivity contribution is 9.10. The van der Waals surface area contributed by atoms with Gasteiger partial charge in [0.25, 0.3) is 0 Å². The minimum Gasteiger partial charge on any atom is -0.393 e. The molecule has 0 radical (unpaired) electrons. The molecule has 0 aliphatic rings. The summed E-state index contributed by atoms with van der Waals surface area (Å²) in [5, 5.41) is 6.06. The van der Waals surface area contributed by atoms with Gasteiger partial charge in [-0.25, -0.2) is 14.4 Å². The van der Waals surface area contributed by atoms with Crippen molar-refractivity contribution in [1.82, 2.24) is 9.97 Å². The first-order chi connectivity index (χ1) is 11.6. The van der Waals surface area contributed by atoms with Crippen molar-refractivity contribution in [2.45, 2.75) is 6.54 Å². The summed E-state index contributed by atoms with van der Waals surface area (Å²) < 4.78 is 14.6. The quantitative estimate of drug-likeness (QED) is 0.607. The van der Waals surface area contributed by atoms with Gasteiger partial charge < -0.3 is 16.4 Å². The maximum atomic E-state index is 13.9. The van der Waals surface area contributed by atoms with E-state index >= 15 is 0 Å². The maximum Gasteiger partial charge on any atom is 0.159 e. The molecule has 1 heterocycles. The molecule has 0 aliphatic carbocycles. The first kappa shape index (κ1) is 16.2. The molecule has 3 rings (SSSR count). The number of benzene rings is 2. The standard InChI is InChI=1S/C17H15BrFN5/c18-12-6-7-14(13(19)8-12)24-17-15(20)16(22-10-23-17)21-9-11-4-2-1-3-5-11/h1-8,10H,9,20H2,(H2,21,22,23,24). The topological polar surface area (TPSA) is 75.9 Å². The Bertz CT molecular complexity index is 842. The van der Waals surface area contributed by atoms with Gasteiger partial charge in [-0.2, -0.15) is 0 Å². The molecular formula is C17H15BrFN5. The van der Waals surface area contributed by atoms with Crippen LogP contribution in [0.25, 0.3) is 0 Å². The van der Waals surface area contributed by atoms with Gasteiger partial charge in [0, 0.05) is 11.0 Å². The minimum absolute atomic E-state index is 0.289. The number of halogens is 2. The fourth-order valence-corrected chi connectivity index (χ4v) is 2.47. The molecule has 5 nitrogen and oxygen atoms in total. The zero-order chi connectivity index (χ0) is 16.9. The predicted octanol–water partition coefficient (Wildman–Crippen LogP) is 4.32. The van der Waals surface area contributed by atoms with E-state index in [0.29, 0.717) is 28.3 Å². The minimum atomic E-state index is -0.402. The summed E-state index contributed by atoms with van der Waals surface area (Å²) in [7, 11) is 0. The Morgan fingerprint density at radius 3 is 2.54 bits per heavy atom. The molecule has 0 saturated carbocycles. The van der Waals surface area contributed by atoms with Crippen LogP contribution >= 0.6 is 15.9 Å². The van der Waals surface area contributed by atoms with Gasteiger partial charge >= 0.3 is 0 Å². The summed E-state index contributed by atoms with van der Waals surface area (Å²) in [5.41, 5.74) is 7.81. The van der Waals surface area contributed by atoms with E-state index in [0.717, 1.165) is 5.56 Å². The first-order valence-electron chi connectivity index (χ1n) is 7.24. The zero-order valence-electron chi connectivity index (χ0n) is 12.6. The Labute approximate surface area is 147 Å². The van der Waals surface area contributed by atoms with Crippen LogP contribution in [0.15, 0.2) is 59.3 Å². The Balaban J connectivity index is 1.78. The van der Waals surface area contributed by atoms with Crippen molar-refractivity contribution in [1.29, 1.82) is 0 Å². The van der Waals surface area contributed by atoms with Crippen molar-refractivity contribution < 1.29 is 4.39 Å². The lowest BCUT2D eigenvalue weighted by atomic mass is 10.2. The molecule has 4 N–H and O–H groups in total. The number of nitrogen functional groups attached to an aromatic ring is 1. The van der Waals surface area contributed by atoms with Gasteiger partial charge in [0.2, 0.25) is 0 Å². The van der Waals surface area contributed by atoms with E-state index in [1.165, 1.54) is 12.4 Å². The van der Waals surface area contributed by atoms with Gasteiger partial charge in [0.05, 0.1) is 5.69 Å². The average molecular weight is 388 g/mol. The molecule has 24 heavy (non-hydrogen) atoms. The van der Waals surface area contributed by atoms with Crippen LogP contribution in [0, 0.1) is 5.82 Å². The molecule has 122 valence electrons. The molecule has 0 spiro atoms. The number of nitrogens with zero attached hydrogens (tertiary/aromatic N) is 2. The number of hydrogen-bond donors (Lipinski definition) is 3. The summed E-state index contributed by atoms with van der Waals surface area (Å²) >= 11 is 3.22. The summed E-state index contributed by atoms with van der Waals surface area (Å²) in [6, 6.07) is 14.6. The van der Waals surface area contributed by atoms with Crippen LogP contribution in [-0.2, 0) is 6.54 Å². The lowest BCUT2D eigenvalue weighted by molar-refractivity contribution is 0.631. The summed E-state index contributed by atoms with van der Waals surface area (Å²) in [6.07, 6.45) is 1.38. The number of anilines is 4. The van der Waals surface area contributed by atoms with Crippen molar-refractivity contribution in [3.8, 4) is 0 Å². The normalized spacial score (nSPS) is 10.4. The highest BCUT2D eigenvalue weighted by atomic mass is 79.9. The van der Waals surface area contributed by atoms with E-state index in [1.807, 2.05) is 30.3 Å². The molecule has 7 heteroatoms. The Kier molecular flexibility index (Phi) is 4.90. The van der Waals surface area contributed by atoms with Gasteiger partial charge in [-0.15, -0.1) is 0 Å². The second-order valence-electron chi connectivity index (χ2n) is 5.07. The first-order valence-corrected chi connectivity index (χ1v) is 8.03. The second-order valence-corrected chi connectivity index (χ2v) is 5.99. The number of aromatic nitrogens is 2. The van der Waals surface area contributed by atoms with E-state index in [2.05, 4.69) is 36.5 Å². The average Bonchev–Trinajstić information content (AvgIpc) is 2.59. The van der Waals surface area contributed by atoms with Gasteiger partial charge in [0.15, 0.2) is 11.6 Å². The summed E-state index contributed by atoms with van der Waals surface area (Å²) in [6.45, 7) is 0.578. The van der Waals surface area contributed by atoms with Gasteiger partial charge in [-0.3, -0.25) is 0 Å². The molecule has 0 unspecified atom stereocenters. The Morgan fingerprint density at radius 1 is 1.04 bits per heavy atom. The van der Waals surface area contributed by atoms with Crippen LogP contribution in [0.4, 0.5) is 27.4 Å². The number of rotatable bonds is 5. The van der Waals surface area contributed by atoms with E-state index in [1.54, 1.807) is 12.1 Å². The molecule has 0 amide bonds. The van der Waals surface area contributed by atoms with Crippen molar-refractivity contribution in [2.24, 2.45) is 0 Å². The number of hydrogen-bond acceptors (Lipinski definition) is 5. The number of nitrogens with one attached hydrogen (secondary N) is 2. The monoisotopic (exact) mass is 387 g/mol. The van der Waals surface area contributed by atoms with Gasteiger partial charge in [0.1, 0.15) is 17.8 Å². The fraction of sp³-hybridized carbons (Fsp3) is 0.0588. The molecule has 0 aliphatic heterocycles. The Morgan fingerprint density at radius 2 is 1.79 bits per heavy atom. The van der Waals surface area contributed by atoms with Crippen LogP contribution in [0.1, 0.15) is 5.56 Å². The fourth-order valence-electron chi connectivity index (χ4n) is 2.14.